The lowest BCUT2D eigenvalue weighted by atomic mass is 9.98. The molecule has 0 radical (unpaired) electrons. The molecule has 0 saturated carbocycles. The van der Waals surface area contributed by atoms with Gasteiger partial charge in [0.1, 0.15) is 5.82 Å². The molecule has 0 bridgehead atoms. The first-order chi connectivity index (χ1) is 14.5. The molecule has 2 amide bonds. The van der Waals surface area contributed by atoms with E-state index in [1.165, 1.54) is 4.90 Å². The number of hydrogen-bond acceptors (Lipinski definition) is 4. The van der Waals surface area contributed by atoms with Crippen LogP contribution in [0, 0.1) is 5.92 Å². The second kappa shape index (κ2) is 8.91. The summed E-state index contributed by atoms with van der Waals surface area (Å²) in [5, 5.41) is 14.7. The Kier molecular flexibility index (Phi) is 6.65. The van der Waals surface area contributed by atoms with Crippen molar-refractivity contribution in [1.82, 2.24) is 14.8 Å². The molecule has 3 rings (SSSR count). The molecule has 2 atom stereocenters. The van der Waals surface area contributed by atoms with Gasteiger partial charge in [-0.25, -0.2) is 9.78 Å². The third kappa shape index (κ3) is 5.03. The number of nitrogens with zero attached hydrogens (tertiary/aromatic N) is 3. The molecular weight excluding hydrogens is 416 g/mol. The van der Waals surface area contributed by atoms with E-state index in [0.29, 0.717) is 35.4 Å². The van der Waals surface area contributed by atoms with Crippen molar-refractivity contribution in [3.63, 3.8) is 0 Å². The van der Waals surface area contributed by atoms with E-state index in [2.05, 4.69) is 5.32 Å². The van der Waals surface area contributed by atoms with Crippen LogP contribution in [0.25, 0.3) is 10.9 Å². The number of fused-ring (bicyclic) bond motifs is 1. The molecule has 0 unspecified atom stereocenters. The van der Waals surface area contributed by atoms with Crippen molar-refractivity contribution in [2.24, 2.45) is 5.92 Å². The lowest BCUT2D eigenvalue weighted by Gasteiger charge is -2.38. The maximum Gasteiger partial charge on any atom is 0.408 e. The van der Waals surface area contributed by atoms with E-state index in [4.69, 9.17) is 16.6 Å². The van der Waals surface area contributed by atoms with Gasteiger partial charge in [0.2, 0.25) is 5.91 Å². The van der Waals surface area contributed by atoms with E-state index in [9.17, 15) is 14.7 Å². The zero-order valence-electron chi connectivity index (χ0n) is 18.8. The SMILES string of the molecule is CC(=O)N1CC[C@@H](CNc2nc3c(Cl)cccc3cc2[C@H](C)N(C(=O)O)C(C)(C)C)C1. The molecule has 1 aromatic carbocycles. The first-order valence-corrected chi connectivity index (χ1v) is 11.0. The van der Waals surface area contributed by atoms with Crippen LogP contribution in [0.2, 0.25) is 5.02 Å². The zero-order chi connectivity index (χ0) is 22.9. The summed E-state index contributed by atoms with van der Waals surface area (Å²) >= 11 is 6.39. The number of carboxylic acid groups (broad SMARTS) is 1. The predicted octanol–water partition coefficient (Wildman–Crippen LogP) is 5.01. The molecule has 168 valence electrons. The first-order valence-electron chi connectivity index (χ1n) is 10.6. The molecule has 2 N–H and O–H groups in total. The minimum Gasteiger partial charge on any atom is -0.465 e. The van der Waals surface area contributed by atoms with Gasteiger partial charge in [-0.15, -0.1) is 0 Å². The molecule has 7 nitrogen and oxygen atoms in total. The molecule has 1 aromatic heterocycles. The Morgan fingerprint density at radius 1 is 1.39 bits per heavy atom. The van der Waals surface area contributed by atoms with Crippen LogP contribution in [0.3, 0.4) is 0 Å². The van der Waals surface area contributed by atoms with Crippen LogP contribution in [0.15, 0.2) is 24.3 Å². The fourth-order valence-electron chi connectivity index (χ4n) is 4.34. The lowest BCUT2D eigenvalue weighted by Crippen LogP contribution is -2.46. The van der Waals surface area contributed by atoms with Gasteiger partial charge in [0.15, 0.2) is 0 Å². The molecule has 31 heavy (non-hydrogen) atoms. The summed E-state index contributed by atoms with van der Waals surface area (Å²) in [7, 11) is 0. The lowest BCUT2D eigenvalue weighted by molar-refractivity contribution is -0.127. The van der Waals surface area contributed by atoms with Gasteiger partial charge in [0.05, 0.1) is 16.6 Å². The number of carbonyl (C=O) groups is 2. The molecular formula is C23H31ClN4O3. The van der Waals surface area contributed by atoms with Crippen molar-refractivity contribution in [3.05, 3.63) is 34.9 Å². The van der Waals surface area contributed by atoms with Crippen molar-refractivity contribution in [1.29, 1.82) is 0 Å². The molecule has 8 heteroatoms. The quantitative estimate of drug-likeness (QED) is 0.674. The molecule has 2 heterocycles. The Morgan fingerprint density at radius 3 is 2.68 bits per heavy atom. The highest BCUT2D eigenvalue weighted by Gasteiger charge is 2.33. The van der Waals surface area contributed by atoms with Gasteiger partial charge < -0.3 is 15.3 Å². The smallest absolute Gasteiger partial charge is 0.408 e. The highest BCUT2D eigenvalue weighted by molar-refractivity contribution is 6.35. The second-order valence-electron chi connectivity index (χ2n) is 9.24. The molecule has 1 aliphatic heterocycles. The van der Waals surface area contributed by atoms with Crippen molar-refractivity contribution < 1.29 is 14.7 Å². The Morgan fingerprint density at radius 2 is 2.10 bits per heavy atom. The Labute approximate surface area is 188 Å². The Hall–Kier alpha value is -2.54. The summed E-state index contributed by atoms with van der Waals surface area (Å²) in [6.45, 7) is 11.2. The standard InChI is InChI=1S/C23H31ClN4O3/c1-14(28(22(30)31)23(3,4)5)18-11-17-7-6-8-19(24)20(17)26-21(18)25-12-16-9-10-27(13-16)15(2)29/h6-8,11,14,16H,9-10,12-13H2,1-5H3,(H,25,26)(H,30,31)/t14-,16-/m0/s1. The van der Waals surface area contributed by atoms with Crippen LogP contribution in [0.4, 0.5) is 10.6 Å². The number of nitrogens with one attached hydrogen (secondary N) is 1. The molecule has 2 aromatic rings. The number of carbonyl (C=O) groups excluding carboxylic acids is 1. The van der Waals surface area contributed by atoms with Gasteiger partial charge in [-0.05, 0) is 52.2 Å². The highest BCUT2D eigenvalue weighted by atomic mass is 35.5. The number of rotatable bonds is 5. The normalized spacial score (nSPS) is 17.6. The number of amides is 2. The Balaban J connectivity index is 1.97. The van der Waals surface area contributed by atoms with Gasteiger partial charge in [0.25, 0.3) is 0 Å². The number of aromatic nitrogens is 1. The summed E-state index contributed by atoms with van der Waals surface area (Å²) in [6.07, 6.45) is -0.0558. The van der Waals surface area contributed by atoms with Crippen LogP contribution in [-0.4, -0.2) is 57.1 Å². The zero-order valence-corrected chi connectivity index (χ0v) is 19.5. The van der Waals surface area contributed by atoms with Crippen LogP contribution < -0.4 is 5.32 Å². The second-order valence-corrected chi connectivity index (χ2v) is 9.64. The molecule has 1 saturated heterocycles. The van der Waals surface area contributed by atoms with E-state index < -0.39 is 17.7 Å². The first kappa shape index (κ1) is 23.1. The minimum atomic E-state index is -0.981. The topological polar surface area (TPSA) is 85.8 Å². The van der Waals surface area contributed by atoms with Crippen LogP contribution in [0.1, 0.15) is 52.6 Å². The number of para-hydroxylation sites is 1. The number of anilines is 1. The van der Waals surface area contributed by atoms with E-state index in [1.807, 2.05) is 50.8 Å². The average molecular weight is 447 g/mol. The van der Waals surface area contributed by atoms with Crippen molar-refractivity contribution in [3.8, 4) is 0 Å². The predicted molar refractivity (Wildman–Crippen MR) is 124 cm³/mol. The summed E-state index contributed by atoms with van der Waals surface area (Å²) in [6, 6.07) is 7.14. The molecule has 1 fully saturated rings. The summed E-state index contributed by atoms with van der Waals surface area (Å²) in [5.41, 5.74) is 0.893. The molecule has 1 aliphatic rings. The van der Waals surface area contributed by atoms with Crippen LogP contribution in [-0.2, 0) is 4.79 Å². The monoisotopic (exact) mass is 446 g/mol. The highest BCUT2D eigenvalue weighted by Crippen LogP contribution is 2.35. The number of benzene rings is 1. The third-order valence-corrected chi connectivity index (χ3v) is 6.19. The van der Waals surface area contributed by atoms with Gasteiger partial charge >= 0.3 is 6.09 Å². The maximum atomic E-state index is 12.1. The molecule has 0 aliphatic carbocycles. The van der Waals surface area contributed by atoms with Gasteiger partial charge in [-0.3, -0.25) is 9.69 Å². The van der Waals surface area contributed by atoms with Gasteiger partial charge in [-0.1, -0.05) is 23.7 Å². The summed E-state index contributed by atoms with van der Waals surface area (Å²) in [4.78, 5) is 31.8. The van der Waals surface area contributed by atoms with E-state index in [0.717, 1.165) is 23.9 Å². The molecule has 0 spiro atoms. The third-order valence-electron chi connectivity index (χ3n) is 5.88. The average Bonchev–Trinajstić information content (AvgIpc) is 3.14. The number of pyridine rings is 1. The van der Waals surface area contributed by atoms with E-state index in [-0.39, 0.29) is 5.91 Å². The van der Waals surface area contributed by atoms with Gasteiger partial charge in [-0.2, -0.15) is 0 Å². The fraction of sp³-hybridized carbons (Fsp3) is 0.522. The number of likely N-dealkylation sites (tertiary alicyclic amines) is 1. The van der Waals surface area contributed by atoms with E-state index >= 15 is 0 Å². The number of hydrogen-bond donors (Lipinski definition) is 2. The Bertz CT molecular complexity index is 989. The van der Waals surface area contributed by atoms with E-state index in [1.54, 1.807) is 13.0 Å². The van der Waals surface area contributed by atoms with Crippen molar-refractivity contribution in [2.75, 3.05) is 25.0 Å². The van der Waals surface area contributed by atoms with Crippen molar-refractivity contribution in [2.45, 2.75) is 52.6 Å². The maximum absolute atomic E-state index is 12.1. The van der Waals surface area contributed by atoms with Gasteiger partial charge in [0, 0.05) is 43.0 Å². The summed E-state index contributed by atoms with van der Waals surface area (Å²) < 4.78 is 0. The largest absolute Gasteiger partial charge is 0.465 e. The van der Waals surface area contributed by atoms with Crippen LogP contribution >= 0.6 is 11.6 Å². The summed E-state index contributed by atoms with van der Waals surface area (Å²) in [5.74, 6) is 1.04. The van der Waals surface area contributed by atoms with Crippen LogP contribution in [0.5, 0.6) is 0 Å². The van der Waals surface area contributed by atoms with Crippen molar-refractivity contribution >= 4 is 40.3 Å². The fourth-order valence-corrected chi connectivity index (χ4v) is 4.56. The number of halogens is 1. The minimum absolute atomic E-state index is 0.0923.